The van der Waals surface area contributed by atoms with Crippen LogP contribution in [-0.4, -0.2) is 39.0 Å². The fraction of sp³-hybridized carbons (Fsp3) is 0.583. The molecule has 3 rings (SSSR count). The molecule has 4 nitrogen and oxygen atoms in total. The molecule has 0 N–H and O–H groups in total. The first kappa shape index (κ1) is 22.3. The maximum absolute atomic E-state index is 6.66. The van der Waals surface area contributed by atoms with Crippen molar-refractivity contribution < 1.29 is 18.6 Å². The van der Waals surface area contributed by atoms with Gasteiger partial charge in [-0.25, -0.2) is 0 Å². The van der Waals surface area contributed by atoms with Crippen LogP contribution in [0.4, 0.5) is 0 Å². The largest absolute Gasteiger partial charge is 0.547 e. The molecule has 1 saturated heterocycles. The molecule has 5 heteroatoms. The summed E-state index contributed by atoms with van der Waals surface area (Å²) < 4.78 is 24.9. The van der Waals surface area contributed by atoms with E-state index in [9.17, 15) is 0 Å². The van der Waals surface area contributed by atoms with Crippen molar-refractivity contribution in [1.82, 2.24) is 0 Å². The Labute approximate surface area is 177 Å². The quantitative estimate of drug-likeness (QED) is 0.559. The second-order valence-electron chi connectivity index (χ2n) is 9.98. The lowest BCUT2D eigenvalue weighted by molar-refractivity contribution is -0.156. The van der Waals surface area contributed by atoms with Crippen LogP contribution in [0.5, 0.6) is 0 Å². The highest BCUT2D eigenvalue weighted by molar-refractivity contribution is 6.74. The van der Waals surface area contributed by atoms with E-state index in [0.717, 1.165) is 17.7 Å². The van der Waals surface area contributed by atoms with E-state index < -0.39 is 14.1 Å². The fourth-order valence-electron chi connectivity index (χ4n) is 3.26. The van der Waals surface area contributed by atoms with Crippen molar-refractivity contribution in [1.29, 1.82) is 0 Å². The van der Waals surface area contributed by atoms with E-state index in [2.05, 4.69) is 64.2 Å². The van der Waals surface area contributed by atoms with Crippen molar-refractivity contribution in [3.63, 3.8) is 0 Å². The zero-order valence-electron chi connectivity index (χ0n) is 18.9. The maximum atomic E-state index is 6.66. The predicted molar refractivity (Wildman–Crippen MR) is 120 cm³/mol. The third-order valence-electron chi connectivity index (χ3n) is 5.98. The van der Waals surface area contributed by atoms with Crippen LogP contribution < -0.4 is 0 Å². The van der Waals surface area contributed by atoms with Gasteiger partial charge in [0.15, 0.2) is 5.79 Å². The topological polar surface area (TPSA) is 36.9 Å². The van der Waals surface area contributed by atoms with Gasteiger partial charge in [0.2, 0.25) is 8.32 Å². The van der Waals surface area contributed by atoms with E-state index in [0.29, 0.717) is 6.61 Å². The summed E-state index contributed by atoms with van der Waals surface area (Å²) in [7, 11) is -1.93. The van der Waals surface area contributed by atoms with Crippen LogP contribution in [0.2, 0.25) is 18.1 Å². The van der Waals surface area contributed by atoms with E-state index in [-0.39, 0.29) is 23.4 Å². The molecule has 1 aromatic rings. The lowest BCUT2D eigenvalue weighted by Gasteiger charge is -2.40. The van der Waals surface area contributed by atoms with Gasteiger partial charge in [-0.05, 0) is 43.6 Å². The summed E-state index contributed by atoms with van der Waals surface area (Å²) in [6, 6.07) is 10.3. The summed E-state index contributed by atoms with van der Waals surface area (Å²) in [6.07, 6.45) is 6.73. The number of hydrogen-bond acceptors (Lipinski definition) is 4. The molecule has 29 heavy (non-hydrogen) atoms. The van der Waals surface area contributed by atoms with Gasteiger partial charge in [0.1, 0.15) is 12.2 Å². The Bertz CT molecular complexity index is 746. The highest BCUT2D eigenvalue weighted by Gasteiger charge is 2.43. The third-order valence-corrected chi connectivity index (χ3v) is 10.4. The van der Waals surface area contributed by atoms with Gasteiger partial charge >= 0.3 is 0 Å². The molecule has 160 valence electrons. The zero-order valence-corrected chi connectivity index (χ0v) is 19.9. The van der Waals surface area contributed by atoms with E-state index >= 15 is 0 Å². The maximum Gasteiger partial charge on any atom is 0.250 e. The summed E-state index contributed by atoms with van der Waals surface area (Å²) >= 11 is 0. The first-order valence-corrected chi connectivity index (χ1v) is 13.5. The number of ether oxygens (including phenoxy) is 3. The first-order valence-electron chi connectivity index (χ1n) is 10.6. The molecule has 2 unspecified atom stereocenters. The molecule has 0 radical (unpaired) electrons. The number of hydrogen-bond donors (Lipinski definition) is 0. The highest BCUT2D eigenvalue weighted by Crippen LogP contribution is 2.40. The van der Waals surface area contributed by atoms with Gasteiger partial charge in [-0.1, -0.05) is 63.3 Å². The molecular weight excluding hydrogens is 380 g/mol. The molecule has 2 aliphatic rings. The SMILES string of the molecule is CC1(C)OC[C@H](C2C=C(O[Si](C)(C)C(C)(C)C)CC(/C=C/c3ccccc3)O2)O1. The summed E-state index contributed by atoms with van der Waals surface area (Å²) in [5.74, 6) is 0.443. The molecule has 0 spiro atoms. The smallest absolute Gasteiger partial charge is 0.250 e. The van der Waals surface area contributed by atoms with E-state index in [1.165, 1.54) is 0 Å². The molecule has 0 aromatic heterocycles. The Morgan fingerprint density at radius 3 is 2.41 bits per heavy atom. The van der Waals surface area contributed by atoms with Crippen LogP contribution in [0.3, 0.4) is 0 Å². The van der Waals surface area contributed by atoms with Gasteiger partial charge in [0.25, 0.3) is 0 Å². The van der Waals surface area contributed by atoms with Gasteiger partial charge in [-0.15, -0.1) is 0 Å². The number of benzene rings is 1. The van der Waals surface area contributed by atoms with Crippen molar-refractivity contribution in [2.24, 2.45) is 0 Å². The molecular formula is C24H36O4Si. The summed E-state index contributed by atoms with van der Waals surface area (Å²) in [5, 5.41) is 0.145. The van der Waals surface area contributed by atoms with Crippen molar-refractivity contribution in [2.75, 3.05) is 6.61 Å². The molecule has 2 heterocycles. The van der Waals surface area contributed by atoms with Crippen LogP contribution >= 0.6 is 0 Å². The lowest BCUT2D eigenvalue weighted by atomic mass is 10.0. The Morgan fingerprint density at radius 2 is 1.83 bits per heavy atom. The predicted octanol–water partition coefficient (Wildman–Crippen LogP) is 5.91. The molecule has 1 aromatic carbocycles. The molecule has 0 amide bonds. The fourth-order valence-corrected chi connectivity index (χ4v) is 4.38. The van der Waals surface area contributed by atoms with Crippen molar-refractivity contribution in [2.45, 2.75) is 83.3 Å². The van der Waals surface area contributed by atoms with Gasteiger partial charge < -0.3 is 18.6 Å². The molecule has 0 bridgehead atoms. The Morgan fingerprint density at radius 1 is 1.14 bits per heavy atom. The van der Waals surface area contributed by atoms with Crippen molar-refractivity contribution in [3.8, 4) is 0 Å². The zero-order chi connectivity index (χ0) is 21.3. The minimum Gasteiger partial charge on any atom is -0.547 e. The summed E-state index contributed by atoms with van der Waals surface area (Å²) in [6.45, 7) is 15.8. The Hall–Kier alpha value is -1.40. The van der Waals surface area contributed by atoms with Crippen LogP contribution in [0.25, 0.3) is 6.08 Å². The lowest BCUT2D eigenvalue weighted by Crippen LogP contribution is -2.43. The molecule has 2 aliphatic heterocycles. The normalized spacial score (nSPS) is 27.8. The average Bonchev–Trinajstić information content (AvgIpc) is 2.99. The van der Waals surface area contributed by atoms with Crippen LogP contribution in [-0.2, 0) is 18.6 Å². The molecule has 1 fully saturated rings. The Balaban J connectivity index is 1.80. The van der Waals surface area contributed by atoms with Crippen molar-refractivity contribution >= 4 is 14.4 Å². The standard InChI is InChI=1S/C24H36O4Si/c1-23(2,3)29(6,7)28-20-15-19(14-13-18-11-9-8-10-12-18)26-21(16-20)22-17-25-24(4,5)27-22/h8-14,16,19,21-22H,15,17H2,1-7H3/b14-13+/t19?,21?,22-/m1/s1. The van der Waals surface area contributed by atoms with Crippen LogP contribution in [0, 0.1) is 0 Å². The number of rotatable bonds is 5. The second kappa shape index (κ2) is 8.38. The van der Waals surface area contributed by atoms with E-state index in [1.807, 2.05) is 32.0 Å². The van der Waals surface area contributed by atoms with E-state index in [1.54, 1.807) is 0 Å². The summed E-state index contributed by atoms with van der Waals surface area (Å²) in [5.41, 5.74) is 1.16. The second-order valence-corrected chi connectivity index (χ2v) is 14.7. The van der Waals surface area contributed by atoms with Crippen LogP contribution in [0.15, 0.2) is 48.2 Å². The Kier molecular flexibility index (Phi) is 6.44. The minimum atomic E-state index is -1.93. The molecule has 0 aliphatic carbocycles. The van der Waals surface area contributed by atoms with Gasteiger partial charge in [-0.3, -0.25) is 0 Å². The van der Waals surface area contributed by atoms with Gasteiger partial charge in [-0.2, -0.15) is 0 Å². The highest BCUT2D eigenvalue weighted by atomic mass is 28.4. The first-order chi connectivity index (χ1) is 13.5. The van der Waals surface area contributed by atoms with Crippen molar-refractivity contribution in [3.05, 3.63) is 53.8 Å². The third kappa shape index (κ3) is 5.82. The van der Waals surface area contributed by atoms with Gasteiger partial charge in [0, 0.05) is 6.42 Å². The van der Waals surface area contributed by atoms with Gasteiger partial charge in [0.05, 0.1) is 18.5 Å². The monoisotopic (exact) mass is 416 g/mol. The molecule has 3 atom stereocenters. The molecule has 0 saturated carbocycles. The average molecular weight is 417 g/mol. The van der Waals surface area contributed by atoms with Crippen LogP contribution in [0.1, 0.15) is 46.6 Å². The van der Waals surface area contributed by atoms with E-state index in [4.69, 9.17) is 18.6 Å². The summed E-state index contributed by atoms with van der Waals surface area (Å²) in [4.78, 5) is 0. The minimum absolute atomic E-state index is 0.0581.